The van der Waals surface area contributed by atoms with E-state index in [4.69, 9.17) is 0 Å². The van der Waals surface area contributed by atoms with Gasteiger partial charge in [0.25, 0.3) is 0 Å². The van der Waals surface area contributed by atoms with Crippen molar-refractivity contribution in [2.75, 3.05) is 38.0 Å². The minimum atomic E-state index is 0.0271. The van der Waals surface area contributed by atoms with Gasteiger partial charge in [-0.2, -0.15) is 0 Å². The topological polar surface area (TPSA) is 52.7 Å². The van der Waals surface area contributed by atoms with Gasteiger partial charge in [0, 0.05) is 37.8 Å². The van der Waals surface area contributed by atoms with E-state index in [1.54, 1.807) is 0 Å². The third-order valence-electron chi connectivity index (χ3n) is 4.81. The Morgan fingerprint density at radius 3 is 2.08 bits per heavy atom. The lowest BCUT2D eigenvalue weighted by molar-refractivity contribution is -0.136. The second-order valence-corrected chi connectivity index (χ2v) is 6.96. The number of para-hydroxylation sites is 1. The van der Waals surface area contributed by atoms with Crippen molar-refractivity contribution in [1.29, 1.82) is 0 Å². The molecule has 25 heavy (non-hydrogen) atoms. The van der Waals surface area contributed by atoms with Gasteiger partial charge in [-0.05, 0) is 24.0 Å². The van der Waals surface area contributed by atoms with E-state index < -0.39 is 0 Å². The largest absolute Gasteiger partial charge is 0.340 e. The lowest BCUT2D eigenvalue weighted by Gasteiger charge is -2.35. The van der Waals surface area contributed by atoms with Gasteiger partial charge < -0.3 is 10.2 Å². The highest BCUT2D eigenvalue weighted by Gasteiger charge is 2.24. The van der Waals surface area contributed by atoms with Crippen LogP contribution in [-0.2, 0) is 22.4 Å². The third-order valence-corrected chi connectivity index (χ3v) is 4.81. The molecule has 1 saturated heterocycles. The summed E-state index contributed by atoms with van der Waals surface area (Å²) in [6, 6.07) is 6.20. The van der Waals surface area contributed by atoms with Crippen molar-refractivity contribution in [3.63, 3.8) is 0 Å². The van der Waals surface area contributed by atoms with Crippen molar-refractivity contribution in [3.05, 3.63) is 29.3 Å². The summed E-state index contributed by atoms with van der Waals surface area (Å²) in [5, 5.41) is 3.12. The quantitative estimate of drug-likeness (QED) is 0.862. The van der Waals surface area contributed by atoms with E-state index in [1.165, 1.54) is 11.1 Å². The molecule has 0 aliphatic carbocycles. The number of rotatable bonds is 6. The molecule has 1 heterocycles. The van der Waals surface area contributed by atoms with Crippen molar-refractivity contribution in [1.82, 2.24) is 9.80 Å². The maximum atomic E-state index is 12.5. The smallest absolute Gasteiger partial charge is 0.238 e. The molecule has 5 heteroatoms. The molecule has 5 nitrogen and oxygen atoms in total. The van der Waals surface area contributed by atoms with E-state index in [1.807, 2.05) is 18.7 Å². The van der Waals surface area contributed by atoms with Gasteiger partial charge in [-0.3, -0.25) is 14.5 Å². The highest BCUT2D eigenvalue weighted by atomic mass is 16.2. The fraction of sp³-hybridized carbons (Fsp3) is 0.600. The number of nitrogens with zero attached hydrogens (tertiary/aromatic N) is 2. The zero-order chi connectivity index (χ0) is 18.4. The molecule has 1 fully saturated rings. The first-order chi connectivity index (χ1) is 12.0. The maximum absolute atomic E-state index is 12.5. The first-order valence-corrected chi connectivity index (χ1v) is 9.38. The van der Waals surface area contributed by atoms with E-state index in [-0.39, 0.29) is 17.7 Å². The molecule has 138 valence electrons. The number of aryl methyl sites for hydroxylation is 2. The summed E-state index contributed by atoms with van der Waals surface area (Å²) in [4.78, 5) is 28.6. The van der Waals surface area contributed by atoms with Crippen LogP contribution >= 0.6 is 0 Å². The SMILES string of the molecule is CCc1cccc(CC)c1NC(=O)CN1CCN(C(=O)C(C)C)CC1. The Kier molecular flexibility index (Phi) is 7.00. The molecule has 1 aliphatic heterocycles. The van der Waals surface area contributed by atoms with Gasteiger partial charge in [0.2, 0.25) is 11.8 Å². The summed E-state index contributed by atoms with van der Waals surface area (Å²) >= 11 is 0. The van der Waals surface area contributed by atoms with Crippen LogP contribution in [0.4, 0.5) is 5.69 Å². The molecule has 0 saturated carbocycles. The van der Waals surface area contributed by atoms with Crippen molar-refractivity contribution in [2.45, 2.75) is 40.5 Å². The van der Waals surface area contributed by atoms with E-state index in [0.717, 1.165) is 31.6 Å². The third kappa shape index (κ3) is 5.05. The number of carbonyl (C=O) groups is 2. The van der Waals surface area contributed by atoms with Gasteiger partial charge in [0.05, 0.1) is 6.54 Å². The van der Waals surface area contributed by atoms with E-state index in [0.29, 0.717) is 19.6 Å². The van der Waals surface area contributed by atoms with Crippen LogP contribution in [0.15, 0.2) is 18.2 Å². The van der Waals surface area contributed by atoms with Crippen LogP contribution in [0, 0.1) is 5.92 Å². The van der Waals surface area contributed by atoms with Crippen LogP contribution in [0.25, 0.3) is 0 Å². The van der Waals surface area contributed by atoms with Crippen molar-refractivity contribution < 1.29 is 9.59 Å². The van der Waals surface area contributed by atoms with Crippen molar-refractivity contribution in [2.24, 2.45) is 5.92 Å². The van der Waals surface area contributed by atoms with Gasteiger partial charge in [0.15, 0.2) is 0 Å². The van der Waals surface area contributed by atoms with Gasteiger partial charge in [-0.15, -0.1) is 0 Å². The minimum absolute atomic E-state index is 0.0271. The summed E-state index contributed by atoms with van der Waals surface area (Å²) in [6.45, 7) is 11.4. The average molecular weight is 345 g/mol. The summed E-state index contributed by atoms with van der Waals surface area (Å²) in [5.41, 5.74) is 3.34. The monoisotopic (exact) mass is 345 g/mol. The van der Waals surface area contributed by atoms with Gasteiger partial charge in [0.1, 0.15) is 0 Å². The summed E-state index contributed by atoms with van der Waals surface area (Å²) in [7, 11) is 0. The summed E-state index contributed by atoms with van der Waals surface area (Å²) in [6.07, 6.45) is 1.80. The van der Waals surface area contributed by atoms with Crippen molar-refractivity contribution in [3.8, 4) is 0 Å². The first-order valence-electron chi connectivity index (χ1n) is 9.38. The number of amides is 2. The first kappa shape index (κ1) is 19.4. The van der Waals surface area contributed by atoms with Gasteiger partial charge in [-0.1, -0.05) is 45.9 Å². The van der Waals surface area contributed by atoms with Crippen LogP contribution in [0.3, 0.4) is 0 Å². The normalized spacial score (nSPS) is 15.5. The number of hydrogen-bond donors (Lipinski definition) is 1. The lowest BCUT2D eigenvalue weighted by atomic mass is 10.0. The molecule has 2 rings (SSSR count). The molecule has 0 radical (unpaired) electrons. The van der Waals surface area contributed by atoms with Crippen LogP contribution in [0.2, 0.25) is 0 Å². The molecule has 1 aromatic rings. The molecule has 2 amide bonds. The Morgan fingerprint density at radius 2 is 1.60 bits per heavy atom. The van der Waals surface area contributed by atoms with Crippen molar-refractivity contribution >= 4 is 17.5 Å². The molecule has 0 atom stereocenters. The number of carbonyl (C=O) groups excluding carboxylic acids is 2. The highest BCUT2D eigenvalue weighted by Crippen LogP contribution is 2.22. The van der Waals surface area contributed by atoms with Crippen LogP contribution < -0.4 is 5.32 Å². The van der Waals surface area contributed by atoms with E-state index in [9.17, 15) is 9.59 Å². The molecular formula is C20H31N3O2. The molecule has 1 aliphatic rings. The predicted octanol–water partition coefficient (Wildman–Crippen LogP) is 2.55. The number of anilines is 1. The zero-order valence-corrected chi connectivity index (χ0v) is 16.0. The van der Waals surface area contributed by atoms with Gasteiger partial charge >= 0.3 is 0 Å². The highest BCUT2D eigenvalue weighted by molar-refractivity contribution is 5.94. The Bertz CT molecular complexity index is 583. The van der Waals surface area contributed by atoms with Crippen LogP contribution in [-0.4, -0.2) is 54.3 Å². The molecule has 0 aromatic heterocycles. The fourth-order valence-electron chi connectivity index (χ4n) is 3.28. The van der Waals surface area contributed by atoms with Crippen LogP contribution in [0.1, 0.15) is 38.8 Å². The Labute approximate surface area is 151 Å². The van der Waals surface area contributed by atoms with Crippen LogP contribution in [0.5, 0.6) is 0 Å². The molecule has 1 aromatic carbocycles. The second-order valence-electron chi connectivity index (χ2n) is 6.96. The number of nitrogens with one attached hydrogen (secondary N) is 1. The van der Waals surface area contributed by atoms with E-state index in [2.05, 4.69) is 42.3 Å². The standard InChI is InChI=1S/C20H31N3O2/c1-5-16-8-7-9-17(6-2)19(16)21-18(24)14-22-10-12-23(13-11-22)20(25)15(3)4/h7-9,15H,5-6,10-14H2,1-4H3,(H,21,24). The Balaban J connectivity index is 1.91. The molecular weight excluding hydrogens is 314 g/mol. The number of hydrogen-bond acceptors (Lipinski definition) is 3. The second kappa shape index (κ2) is 8.99. The molecule has 0 spiro atoms. The molecule has 1 N–H and O–H groups in total. The maximum Gasteiger partial charge on any atom is 0.238 e. The predicted molar refractivity (Wildman–Crippen MR) is 102 cm³/mol. The lowest BCUT2D eigenvalue weighted by Crippen LogP contribution is -2.51. The Hall–Kier alpha value is -1.88. The molecule has 0 bridgehead atoms. The number of piperazine rings is 1. The van der Waals surface area contributed by atoms with Gasteiger partial charge in [-0.25, -0.2) is 0 Å². The minimum Gasteiger partial charge on any atom is -0.340 e. The number of benzene rings is 1. The Morgan fingerprint density at radius 1 is 1.04 bits per heavy atom. The summed E-state index contributed by atoms with van der Waals surface area (Å²) in [5.74, 6) is 0.264. The fourth-order valence-corrected chi connectivity index (χ4v) is 3.28. The molecule has 0 unspecified atom stereocenters. The van der Waals surface area contributed by atoms with E-state index >= 15 is 0 Å². The average Bonchev–Trinajstić information content (AvgIpc) is 2.61. The summed E-state index contributed by atoms with van der Waals surface area (Å²) < 4.78 is 0. The zero-order valence-electron chi connectivity index (χ0n) is 16.0.